The molecule has 1 amide bonds. The van der Waals surface area contributed by atoms with E-state index in [-0.39, 0.29) is 12.3 Å². The number of rotatable bonds is 7. The fourth-order valence-electron chi connectivity index (χ4n) is 3.19. The SMILES string of the molecule is COc1ccc(OC)c(CC(=O)NCCc2c(C)cc(C)cc2C)c1. The van der Waals surface area contributed by atoms with Crippen LogP contribution in [-0.2, 0) is 17.6 Å². The van der Waals surface area contributed by atoms with Crippen LogP contribution in [0, 0.1) is 20.8 Å². The Kier molecular flexibility index (Phi) is 6.45. The van der Waals surface area contributed by atoms with Crippen LogP contribution in [0.3, 0.4) is 0 Å². The number of nitrogens with one attached hydrogen (secondary N) is 1. The summed E-state index contributed by atoms with van der Waals surface area (Å²) in [6.07, 6.45) is 1.10. The van der Waals surface area contributed by atoms with E-state index in [1.807, 2.05) is 18.2 Å². The molecular formula is C21H27NO3. The standard InChI is InChI=1S/C21H27NO3/c1-14-10-15(2)19(16(3)11-14)8-9-22-21(23)13-17-12-18(24-4)6-7-20(17)25-5/h6-7,10-12H,8-9,13H2,1-5H3,(H,22,23). The van der Waals surface area contributed by atoms with Crippen LogP contribution >= 0.6 is 0 Å². The predicted octanol–water partition coefficient (Wildman–Crippen LogP) is 3.53. The molecule has 2 aromatic carbocycles. The van der Waals surface area contributed by atoms with E-state index in [0.717, 1.165) is 17.7 Å². The summed E-state index contributed by atoms with van der Waals surface area (Å²) < 4.78 is 10.6. The van der Waals surface area contributed by atoms with Crippen molar-refractivity contribution in [3.63, 3.8) is 0 Å². The number of aryl methyl sites for hydroxylation is 3. The second kappa shape index (κ2) is 8.56. The molecule has 0 aliphatic rings. The van der Waals surface area contributed by atoms with Crippen molar-refractivity contribution in [3.05, 3.63) is 58.1 Å². The quantitative estimate of drug-likeness (QED) is 0.838. The Morgan fingerprint density at radius 3 is 2.28 bits per heavy atom. The van der Waals surface area contributed by atoms with Gasteiger partial charge in [0.15, 0.2) is 0 Å². The van der Waals surface area contributed by atoms with Crippen molar-refractivity contribution >= 4 is 5.91 Å². The highest BCUT2D eigenvalue weighted by molar-refractivity contribution is 5.79. The van der Waals surface area contributed by atoms with Crippen LogP contribution in [0.5, 0.6) is 11.5 Å². The molecule has 0 fully saturated rings. The minimum atomic E-state index is -0.0195. The van der Waals surface area contributed by atoms with Crippen molar-refractivity contribution in [2.24, 2.45) is 0 Å². The third kappa shape index (κ3) is 4.99. The molecule has 134 valence electrons. The van der Waals surface area contributed by atoms with E-state index in [2.05, 4.69) is 38.2 Å². The van der Waals surface area contributed by atoms with Gasteiger partial charge in [0.05, 0.1) is 20.6 Å². The van der Waals surface area contributed by atoms with Crippen molar-refractivity contribution < 1.29 is 14.3 Å². The number of methoxy groups -OCH3 is 2. The fraction of sp³-hybridized carbons (Fsp3) is 0.381. The van der Waals surface area contributed by atoms with Gasteiger partial charge in [0, 0.05) is 12.1 Å². The maximum absolute atomic E-state index is 12.3. The molecule has 0 heterocycles. The van der Waals surface area contributed by atoms with Crippen LogP contribution in [0.2, 0.25) is 0 Å². The summed E-state index contributed by atoms with van der Waals surface area (Å²) in [7, 11) is 3.21. The molecule has 2 rings (SSSR count). The first-order valence-electron chi connectivity index (χ1n) is 8.49. The number of ether oxygens (including phenoxy) is 2. The van der Waals surface area contributed by atoms with E-state index >= 15 is 0 Å². The van der Waals surface area contributed by atoms with Crippen LogP contribution < -0.4 is 14.8 Å². The Hall–Kier alpha value is -2.49. The van der Waals surface area contributed by atoms with Crippen molar-refractivity contribution in [2.45, 2.75) is 33.6 Å². The number of carbonyl (C=O) groups is 1. The Morgan fingerprint density at radius 2 is 1.68 bits per heavy atom. The molecule has 0 unspecified atom stereocenters. The van der Waals surface area contributed by atoms with Crippen LogP contribution in [0.25, 0.3) is 0 Å². The van der Waals surface area contributed by atoms with Gasteiger partial charge in [-0.2, -0.15) is 0 Å². The van der Waals surface area contributed by atoms with Gasteiger partial charge in [-0.15, -0.1) is 0 Å². The van der Waals surface area contributed by atoms with Crippen LogP contribution in [0.15, 0.2) is 30.3 Å². The van der Waals surface area contributed by atoms with Gasteiger partial charge in [0.2, 0.25) is 5.91 Å². The number of hydrogen-bond acceptors (Lipinski definition) is 3. The summed E-state index contributed by atoms with van der Waals surface area (Å²) in [4.78, 5) is 12.3. The van der Waals surface area contributed by atoms with Crippen molar-refractivity contribution in [1.82, 2.24) is 5.32 Å². The first kappa shape index (κ1) is 18.8. The lowest BCUT2D eigenvalue weighted by Gasteiger charge is -2.13. The number of amides is 1. The summed E-state index contributed by atoms with van der Waals surface area (Å²) in [5.74, 6) is 1.39. The molecule has 0 aliphatic carbocycles. The largest absolute Gasteiger partial charge is 0.497 e. The molecule has 0 spiro atoms. The first-order chi connectivity index (χ1) is 11.9. The minimum absolute atomic E-state index is 0.0195. The second-order valence-corrected chi connectivity index (χ2v) is 6.33. The van der Waals surface area contributed by atoms with Crippen LogP contribution in [0.1, 0.15) is 27.8 Å². The Labute approximate surface area is 150 Å². The summed E-state index contributed by atoms with van der Waals surface area (Å²) in [5.41, 5.74) is 5.96. The molecule has 0 saturated heterocycles. The molecule has 0 saturated carbocycles. The van der Waals surface area contributed by atoms with Crippen molar-refractivity contribution in [1.29, 1.82) is 0 Å². The van der Waals surface area contributed by atoms with Gasteiger partial charge in [-0.3, -0.25) is 4.79 Å². The maximum atomic E-state index is 12.3. The second-order valence-electron chi connectivity index (χ2n) is 6.33. The zero-order valence-electron chi connectivity index (χ0n) is 15.7. The maximum Gasteiger partial charge on any atom is 0.224 e. The van der Waals surface area contributed by atoms with E-state index in [0.29, 0.717) is 12.3 Å². The van der Waals surface area contributed by atoms with Crippen molar-refractivity contribution in [3.8, 4) is 11.5 Å². The molecule has 0 atom stereocenters. The zero-order chi connectivity index (χ0) is 18.4. The lowest BCUT2D eigenvalue weighted by atomic mass is 9.97. The first-order valence-corrected chi connectivity index (χ1v) is 8.49. The molecule has 0 aromatic heterocycles. The summed E-state index contributed by atoms with van der Waals surface area (Å²) in [5, 5.41) is 3.00. The Morgan fingerprint density at radius 1 is 1.00 bits per heavy atom. The van der Waals surface area contributed by atoms with Gasteiger partial charge >= 0.3 is 0 Å². The Balaban J connectivity index is 1.96. The van der Waals surface area contributed by atoms with E-state index in [9.17, 15) is 4.79 Å². The van der Waals surface area contributed by atoms with Gasteiger partial charge < -0.3 is 14.8 Å². The van der Waals surface area contributed by atoms with E-state index in [1.165, 1.54) is 22.3 Å². The highest BCUT2D eigenvalue weighted by Crippen LogP contribution is 2.24. The average Bonchev–Trinajstić information content (AvgIpc) is 2.57. The topological polar surface area (TPSA) is 47.6 Å². The highest BCUT2D eigenvalue weighted by atomic mass is 16.5. The zero-order valence-corrected chi connectivity index (χ0v) is 15.7. The van der Waals surface area contributed by atoms with E-state index in [4.69, 9.17) is 9.47 Å². The van der Waals surface area contributed by atoms with Gasteiger partial charge in [0.1, 0.15) is 11.5 Å². The molecule has 25 heavy (non-hydrogen) atoms. The molecule has 2 aromatic rings. The third-order valence-corrected chi connectivity index (χ3v) is 4.38. The van der Waals surface area contributed by atoms with Crippen molar-refractivity contribution in [2.75, 3.05) is 20.8 Å². The molecule has 4 heteroatoms. The van der Waals surface area contributed by atoms with Gasteiger partial charge in [-0.1, -0.05) is 17.7 Å². The minimum Gasteiger partial charge on any atom is -0.497 e. The number of benzene rings is 2. The van der Waals surface area contributed by atoms with Gasteiger partial charge in [0.25, 0.3) is 0 Å². The van der Waals surface area contributed by atoms with Gasteiger partial charge in [-0.05, 0) is 62.1 Å². The lowest BCUT2D eigenvalue weighted by Crippen LogP contribution is -2.27. The van der Waals surface area contributed by atoms with Crippen LogP contribution in [-0.4, -0.2) is 26.7 Å². The van der Waals surface area contributed by atoms with Gasteiger partial charge in [-0.25, -0.2) is 0 Å². The van der Waals surface area contributed by atoms with E-state index in [1.54, 1.807) is 14.2 Å². The number of hydrogen-bond donors (Lipinski definition) is 1. The molecule has 4 nitrogen and oxygen atoms in total. The predicted molar refractivity (Wildman–Crippen MR) is 101 cm³/mol. The van der Waals surface area contributed by atoms with Crippen LogP contribution in [0.4, 0.5) is 0 Å². The normalized spacial score (nSPS) is 10.4. The Bertz CT molecular complexity index is 730. The molecule has 1 N–H and O–H groups in total. The molecule has 0 aliphatic heterocycles. The molecule has 0 bridgehead atoms. The fourth-order valence-corrected chi connectivity index (χ4v) is 3.19. The third-order valence-electron chi connectivity index (χ3n) is 4.38. The average molecular weight is 341 g/mol. The summed E-state index contributed by atoms with van der Waals surface area (Å²) in [6.45, 7) is 6.97. The summed E-state index contributed by atoms with van der Waals surface area (Å²) >= 11 is 0. The highest BCUT2D eigenvalue weighted by Gasteiger charge is 2.11. The molecular weight excluding hydrogens is 314 g/mol. The molecule has 0 radical (unpaired) electrons. The monoisotopic (exact) mass is 341 g/mol. The summed E-state index contributed by atoms with van der Waals surface area (Å²) in [6, 6.07) is 9.85. The number of carbonyl (C=O) groups excluding carboxylic acids is 1. The van der Waals surface area contributed by atoms with E-state index < -0.39 is 0 Å². The smallest absolute Gasteiger partial charge is 0.224 e. The lowest BCUT2D eigenvalue weighted by molar-refractivity contribution is -0.120.